The minimum absolute atomic E-state index is 0. The number of anilines is 2. The van der Waals surface area contributed by atoms with Crippen LogP contribution in [0.25, 0.3) is 0 Å². The molecule has 5 nitrogen and oxygen atoms in total. The van der Waals surface area contributed by atoms with Gasteiger partial charge in [0.25, 0.3) is 0 Å². The Bertz CT molecular complexity index is 886. The molecule has 0 radical (unpaired) electrons. The minimum atomic E-state index is 0. The van der Waals surface area contributed by atoms with Gasteiger partial charge in [-0.3, -0.25) is 0 Å². The standard InChI is InChI=1S/C23H20N4O.Pt/c1-4-18-14-20(6-1)28-21-7-2-5-19(15-21)25-11-13-27(17-25)23-9-3-8-22(23)26-12-10-24(18)16-26;/h1-2,4-7,10-13,16-17,22-23H,3,8-9H2;/q-4;+4. The van der Waals surface area contributed by atoms with Crippen LogP contribution >= 0.6 is 0 Å². The van der Waals surface area contributed by atoms with Crippen molar-refractivity contribution in [1.29, 1.82) is 0 Å². The normalized spacial score (nSPS) is 24.0. The molecule has 6 heteroatoms. The van der Waals surface area contributed by atoms with Crippen LogP contribution < -0.4 is 14.5 Å². The Hall–Kier alpha value is -2.39. The number of hydrogen-bond donors (Lipinski definition) is 0. The molecule has 4 aliphatic rings. The zero-order chi connectivity index (χ0) is 18.5. The molecule has 6 rings (SSSR count). The summed E-state index contributed by atoms with van der Waals surface area (Å²) in [5.41, 5.74) is 1.93. The third-order valence-electron chi connectivity index (χ3n) is 5.81. The minimum Gasteiger partial charge on any atom is -0.509 e. The second-order valence-electron chi connectivity index (χ2n) is 7.50. The fourth-order valence-electron chi connectivity index (χ4n) is 4.44. The second kappa shape index (κ2) is 7.46. The van der Waals surface area contributed by atoms with Gasteiger partial charge in [0.05, 0.1) is 0 Å². The topological polar surface area (TPSA) is 22.2 Å². The van der Waals surface area contributed by atoms with Crippen LogP contribution in [0.1, 0.15) is 19.3 Å². The van der Waals surface area contributed by atoms with Gasteiger partial charge in [-0.25, -0.2) is 0 Å². The van der Waals surface area contributed by atoms with E-state index in [-0.39, 0.29) is 21.1 Å². The Morgan fingerprint density at radius 3 is 1.79 bits per heavy atom. The van der Waals surface area contributed by atoms with Crippen LogP contribution in [0.4, 0.5) is 11.4 Å². The SMILES string of the molecule is [Pt+4].[c-]1c2cccc1N1C=CN([CH-]1)C1CCCC1N1C=CN([CH-]1)c1[c-]c(ccc1)O2. The molecule has 3 aliphatic heterocycles. The van der Waals surface area contributed by atoms with E-state index in [4.69, 9.17) is 4.74 Å². The van der Waals surface area contributed by atoms with E-state index in [1.165, 1.54) is 19.3 Å². The maximum atomic E-state index is 6.06. The summed E-state index contributed by atoms with van der Waals surface area (Å²) in [5.74, 6) is 1.37. The van der Waals surface area contributed by atoms with E-state index in [2.05, 4.69) is 82.0 Å². The Balaban J connectivity index is 0.00000181. The Kier molecular flexibility index (Phi) is 4.79. The predicted molar refractivity (Wildman–Crippen MR) is 108 cm³/mol. The van der Waals surface area contributed by atoms with Crippen molar-refractivity contribution in [2.24, 2.45) is 0 Å². The summed E-state index contributed by atoms with van der Waals surface area (Å²) >= 11 is 0. The van der Waals surface area contributed by atoms with Crippen molar-refractivity contribution >= 4 is 11.4 Å². The molecule has 29 heavy (non-hydrogen) atoms. The molecule has 1 saturated carbocycles. The average molecular weight is 564 g/mol. The summed E-state index contributed by atoms with van der Waals surface area (Å²) in [4.78, 5) is 8.90. The van der Waals surface area contributed by atoms with Gasteiger partial charge in [0.1, 0.15) is 0 Å². The molecule has 3 heterocycles. The van der Waals surface area contributed by atoms with Gasteiger partial charge in [0.2, 0.25) is 0 Å². The van der Waals surface area contributed by atoms with Crippen LogP contribution in [0.5, 0.6) is 11.5 Å². The number of ether oxygens (including phenoxy) is 1. The molecule has 8 bridgehead atoms. The molecule has 2 aromatic carbocycles. The third-order valence-corrected chi connectivity index (χ3v) is 5.81. The first-order chi connectivity index (χ1) is 13.8. The first-order valence-corrected chi connectivity index (χ1v) is 9.74. The van der Waals surface area contributed by atoms with Crippen LogP contribution in [-0.2, 0) is 21.1 Å². The second-order valence-corrected chi connectivity index (χ2v) is 7.50. The van der Waals surface area contributed by atoms with E-state index in [9.17, 15) is 0 Å². The first kappa shape index (κ1) is 18.6. The molecule has 0 amide bonds. The van der Waals surface area contributed by atoms with Crippen molar-refractivity contribution in [2.45, 2.75) is 31.3 Å². The molecule has 0 aromatic heterocycles. The quantitative estimate of drug-likeness (QED) is 0.441. The maximum Gasteiger partial charge on any atom is 4.00 e. The van der Waals surface area contributed by atoms with Crippen molar-refractivity contribution in [2.75, 3.05) is 9.80 Å². The summed E-state index contributed by atoms with van der Waals surface area (Å²) in [6, 6.07) is 19.6. The number of nitrogens with zero attached hydrogens (tertiary/aromatic N) is 4. The average Bonchev–Trinajstić information content (AvgIpc) is 3.46. The van der Waals surface area contributed by atoms with Crippen molar-refractivity contribution in [3.63, 3.8) is 0 Å². The molecule has 148 valence electrons. The number of benzene rings is 2. The summed E-state index contributed by atoms with van der Waals surface area (Å²) in [7, 11) is 0. The monoisotopic (exact) mass is 563 g/mol. The molecule has 1 aliphatic carbocycles. The molecular weight excluding hydrogens is 543 g/mol. The Morgan fingerprint density at radius 1 is 0.759 bits per heavy atom. The maximum absolute atomic E-state index is 6.06. The summed E-state index contributed by atoms with van der Waals surface area (Å²) in [5, 5.41) is 0. The van der Waals surface area contributed by atoms with Gasteiger partial charge in [0, 0.05) is 23.6 Å². The van der Waals surface area contributed by atoms with E-state index in [1.807, 2.05) is 24.3 Å². The number of hydrogen-bond acceptors (Lipinski definition) is 5. The third kappa shape index (κ3) is 3.32. The van der Waals surface area contributed by atoms with E-state index in [1.54, 1.807) is 0 Å². The van der Waals surface area contributed by atoms with Gasteiger partial charge in [-0.15, -0.1) is 47.8 Å². The Morgan fingerprint density at radius 2 is 1.28 bits per heavy atom. The van der Waals surface area contributed by atoms with Gasteiger partial charge < -0.3 is 24.3 Å². The van der Waals surface area contributed by atoms with Gasteiger partial charge in [-0.2, -0.15) is 25.5 Å². The smallest absolute Gasteiger partial charge is 0.509 e. The van der Waals surface area contributed by atoms with Gasteiger partial charge >= 0.3 is 21.1 Å². The van der Waals surface area contributed by atoms with E-state index < -0.39 is 0 Å². The van der Waals surface area contributed by atoms with Crippen LogP contribution in [0.3, 0.4) is 0 Å². The molecule has 2 aromatic rings. The van der Waals surface area contributed by atoms with Gasteiger partial charge in [-0.1, -0.05) is 0 Å². The molecular formula is C23H20N4OPt. The molecule has 0 spiro atoms. The fraction of sp³-hybridized carbons (Fsp3) is 0.217. The van der Waals surface area contributed by atoms with Crippen molar-refractivity contribution in [3.05, 3.63) is 86.7 Å². The van der Waals surface area contributed by atoms with E-state index in [0.29, 0.717) is 23.6 Å². The fourth-order valence-corrected chi connectivity index (χ4v) is 4.44. The molecule has 0 saturated heterocycles. The van der Waals surface area contributed by atoms with Gasteiger partial charge in [0.15, 0.2) is 0 Å². The molecule has 2 atom stereocenters. The molecule has 1 fully saturated rings. The summed E-state index contributed by atoms with van der Waals surface area (Å²) in [6.45, 7) is 4.34. The number of rotatable bonds is 0. The van der Waals surface area contributed by atoms with Crippen LogP contribution in [-0.4, -0.2) is 21.9 Å². The molecule has 2 unspecified atom stereocenters. The zero-order valence-corrected chi connectivity index (χ0v) is 18.0. The van der Waals surface area contributed by atoms with Crippen LogP contribution in [0.2, 0.25) is 0 Å². The van der Waals surface area contributed by atoms with Crippen LogP contribution in [0, 0.1) is 25.5 Å². The predicted octanol–water partition coefficient (Wildman–Crippen LogP) is 4.44. The largest absolute Gasteiger partial charge is 4.00 e. The van der Waals surface area contributed by atoms with Crippen molar-refractivity contribution in [1.82, 2.24) is 9.80 Å². The van der Waals surface area contributed by atoms with E-state index in [0.717, 1.165) is 11.4 Å². The zero-order valence-electron chi connectivity index (χ0n) is 15.7. The summed E-state index contributed by atoms with van der Waals surface area (Å²) in [6.07, 6.45) is 12.1. The summed E-state index contributed by atoms with van der Waals surface area (Å²) < 4.78 is 6.06. The van der Waals surface area contributed by atoms with E-state index >= 15 is 0 Å². The number of fused-ring (bicyclic) bond motifs is 13. The molecule has 0 N–H and O–H groups in total. The van der Waals surface area contributed by atoms with Gasteiger partial charge in [-0.05, 0) is 44.1 Å². The first-order valence-electron chi connectivity index (χ1n) is 9.74. The Labute approximate surface area is 186 Å². The van der Waals surface area contributed by atoms with Crippen molar-refractivity contribution in [3.8, 4) is 11.5 Å². The van der Waals surface area contributed by atoms with Crippen LogP contribution in [0.15, 0.2) is 61.2 Å². The van der Waals surface area contributed by atoms with Crippen molar-refractivity contribution < 1.29 is 25.8 Å².